The lowest BCUT2D eigenvalue weighted by atomic mass is 10.0. The van der Waals surface area contributed by atoms with Gasteiger partial charge in [0.05, 0.1) is 13.7 Å². The van der Waals surface area contributed by atoms with Crippen molar-refractivity contribution >= 4 is 35.6 Å². The Kier molecular flexibility index (Phi) is 8.34. The highest BCUT2D eigenvalue weighted by molar-refractivity contribution is 14.0. The third kappa shape index (κ3) is 5.49. The number of nitrogens with zero attached hydrogens (tertiary/aromatic N) is 5. The molecule has 2 heterocycles. The van der Waals surface area contributed by atoms with Gasteiger partial charge in [0.2, 0.25) is 0 Å². The van der Waals surface area contributed by atoms with Crippen LogP contribution in [0.5, 0.6) is 5.75 Å². The first-order valence-corrected chi connectivity index (χ1v) is 9.31. The largest absolute Gasteiger partial charge is 0.497 e. The number of guanidine groups is 1. The van der Waals surface area contributed by atoms with Crippen LogP contribution in [-0.2, 0) is 13.6 Å². The number of ether oxygens (including phenoxy) is 1. The number of piperidine rings is 1. The Labute approximate surface area is 183 Å². The summed E-state index contributed by atoms with van der Waals surface area (Å²) in [6.45, 7) is 4.51. The van der Waals surface area contributed by atoms with Gasteiger partial charge in [0.25, 0.3) is 0 Å². The lowest BCUT2D eigenvalue weighted by Crippen LogP contribution is -2.51. The minimum absolute atomic E-state index is 0. The lowest BCUT2D eigenvalue weighted by Gasteiger charge is -2.35. The number of hydrogen-bond donors (Lipinski definition) is 2. The van der Waals surface area contributed by atoms with E-state index in [-0.39, 0.29) is 24.0 Å². The fourth-order valence-corrected chi connectivity index (χ4v) is 3.29. The number of aliphatic imine (C=N–C) groups is 1. The SMILES string of the molecule is CN=C(NCc1nnc(C)n1C)NC1CCCN(c2cccc(OC)c2)C1.I. The quantitative estimate of drug-likeness (QED) is 0.373. The topological polar surface area (TPSA) is 79.6 Å². The van der Waals surface area contributed by atoms with Crippen LogP contribution < -0.4 is 20.3 Å². The second-order valence-corrected chi connectivity index (χ2v) is 6.78. The molecule has 9 heteroatoms. The first-order chi connectivity index (χ1) is 13.1. The zero-order valence-corrected chi connectivity index (χ0v) is 19.3. The molecule has 2 N–H and O–H groups in total. The van der Waals surface area contributed by atoms with Crippen molar-refractivity contribution in [2.45, 2.75) is 32.4 Å². The van der Waals surface area contributed by atoms with Gasteiger partial charge in [-0.2, -0.15) is 0 Å². The Morgan fingerprint density at radius 3 is 2.86 bits per heavy atom. The molecular formula is C19H30IN7O. The molecule has 0 radical (unpaired) electrons. The van der Waals surface area contributed by atoms with Crippen molar-refractivity contribution in [3.63, 3.8) is 0 Å². The molecule has 0 amide bonds. The monoisotopic (exact) mass is 499 g/mol. The van der Waals surface area contributed by atoms with Gasteiger partial charge < -0.3 is 24.8 Å². The highest BCUT2D eigenvalue weighted by Crippen LogP contribution is 2.24. The summed E-state index contributed by atoms with van der Waals surface area (Å²) in [4.78, 5) is 6.75. The zero-order chi connectivity index (χ0) is 19.2. The first-order valence-electron chi connectivity index (χ1n) is 9.31. The summed E-state index contributed by atoms with van der Waals surface area (Å²) >= 11 is 0. The van der Waals surface area contributed by atoms with Gasteiger partial charge in [0.1, 0.15) is 11.6 Å². The molecule has 1 aromatic heterocycles. The van der Waals surface area contributed by atoms with Crippen LogP contribution in [0, 0.1) is 6.92 Å². The van der Waals surface area contributed by atoms with Gasteiger partial charge in [-0.3, -0.25) is 4.99 Å². The average molecular weight is 499 g/mol. The molecule has 1 saturated heterocycles. The number of nitrogens with one attached hydrogen (secondary N) is 2. The van der Waals surface area contributed by atoms with Crippen molar-refractivity contribution in [3.8, 4) is 5.75 Å². The van der Waals surface area contributed by atoms with Crippen molar-refractivity contribution in [1.82, 2.24) is 25.4 Å². The van der Waals surface area contributed by atoms with E-state index in [0.29, 0.717) is 12.6 Å². The minimum atomic E-state index is 0. The smallest absolute Gasteiger partial charge is 0.191 e. The molecule has 3 rings (SSSR count). The van der Waals surface area contributed by atoms with Crippen LogP contribution in [0.2, 0.25) is 0 Å². The predicted molar refractivity (Wildman–Crippen MR) is 123 cm³/mol. The van der Waals surface area contributed by atoms with E-state index in [0.717, 1.165) is 49.3 Å². The number of benzene rings is 1. The van der Waals surface area contributed by atoms with Crippen LogP contribution in [0.1, 0.15) is 24.5 Å². The van der Waals surface area contributed by atoms with E-state index in [9.17, 15) is 0 Å². The second-order valence-electron chi connectivity index (χ2n) is 6.78. The van der Waals surface area contributed by atoms with Crippen molar-refractivity contribution in [3.05, 3.63) is 35.9 Å². The molecule has 28 heavy (non-hydrogen) atoms. The maximum Gasteiger partial charge on any atom is 0.191 e. The zero-order valence-electron chi connectivity index (χ0n) is 17.0. The van der Waals surface area contributed by atoms with Gasteiger partial charge in [0, 0.05) is 45.0 Å². The molecule has 154 valence electrons. The van der Waals surface area contributed by atoms with Crippen molar-refractivity contribution in [2.24, 2.45) is 12.0 Å². The molecule has 0 saturated carbocycles. The molecule has 1 unspecified atom stereocenters. The molecule has 0 aliphatic carbocycles. The van der Waals surface area contributed by atoms with Crippen LogP contribution >= 0.6 is 24.0 Å². The normalized spacial score (nSPS) is 17.1. The van der Waals surface area contributed by atoms with Crippen LogP contribution in [-0.4, -0.2) is 54.0 Å². The average Bonchev–Trinajstić information content (AvgIpc) is 3.03. The summed E-state index contributed by atoms with van der Waals surface area (Å²) in [5, 5.41) is 15.1. The molecule has 2 aromatic rings. The molecule has 1 aromatic carbocycles. The van der Waals surface area contributed by atoms with Crippen LogP contribution in [0.25, 0.3) is 0 Å². The predicted octanol–water partition coefficient (Wildman–Crippen LogP) is 2.08. The summed E-state index contributed by atoms with van der Waals surface area (Å²) in [5.74, 6) is 3.46. The van der Waals surface area contributed by atoms with E-state index in [4.69, 9.17) is 4.74 Å². The molecule has 0 spiro atoms. The minimum Gasteiger partial charge on any atom is -0.497 e. The highest BCUT2D eigenvalue weighted by Gasteiger charge is 2.21. The van der Waals surface area contributed by atoms with E-state index in [1.54, 1.807) is 14.2 Å². The Bertz CT molecular complexity index is 792. The summed E-state index contributed by atoms with van der Waals surface area (Å²) in [5.41, 5.74) is 1.19. The van der Waals surface area contributed by atoms with Crippen LogP contribution in [0.3, 0.4) is 0 Å². The number of aryl methyl sites for hydroxylation is 1. The van der Waals surface area contributed by atoms with Gasteiger partial charge in [-0.1, -0.05) is 6.07 Å². The second kappa shape index (κ2) is 10.5. The lowest BCUT2D eigenvalue weighted by molar-refractivity contribution is 0.414. The number of rotatable bonds is 5. The van der Waals surface area contributed by atoms with E-state index in [2.05, 4.69) is 42.9 Å². The Morgan fingerprint density at radius 2 is 2.18 bits per heavy atom. The van der Waals surface area contributed by atoms with E-state index in [1.165, 1.54) is 5.69 Å². The molecule has 8 nitrogen and oxygen atoms in total. The maximum atomic E-state index is 5.36. The summed E-state index contributed by atoms with van der Waals surface area (Å²) < 4.78 is 7.33. The molecular weight excluding hydrogens is 469 g/mol. The number of anilines is 1. The van der Waals surface area contributed by atoms with Gasteiger partial charge in [-0.05, 0) is 31.9 Å². The number of hydrogen-bond acceptors (Lipinski definition) is 5. The molecule has 1 aliphatic heterocycles. The molecule has 1 atom stereocenters. The van der Waals surface area contributed by atoms with Crippen molar-refractivity contribution in [1.29, 1.82) is 0 Å². The number of methoxy groups -OCH3 is 1. The number of aromatic nitrogens is 3. The van der Waals surface area contributed by atoms with E-state index < -0.39 is 0 Å². The molecule has 0 bridgehead atoms. The van der Waals surface area contributed by atoms with Gasteiger partial charge in [-0.25, -0.2) is 0 Å². The Hall–Kier alpha value is -2.04. The third-order valence-corrected chi connectivity index (χ3v) is 5.00. The summed E-state index contributed by atoms with van der Waals surface area (Å²) in [6.07, 6.45) is 2.25. The molecule has 1 aliphatic rings. The van der Waals surface area contributed by atoms with Crippen LogP contribution in [0.4, 0.5) is 5.69 Å². The first kappa shape index (κ1) is 22.3. The number of halogens is 1. The Morgan fingerprint density at radius 1 is 1.36 bits per heavy atom. The highest BCUT2D eigenvalue weighted by atomic mass is 127. The standard InChI is InChI=1S/C19H29N7O.HI/c1-14-23-24-18(25(14)3)12-21-19(20-2)22-15-7-6-10-26(13-15)16-8-5-9-17(11-16)27-4;/h5,8-9,11,15H,6-7,10,12-13H2,1-4H3,(H2,20,21,22);1H. The van der Waals surface area contributed by atoms with Gasteiger partial charge >= 0.3 is 0 Å². The van der Waals surface area contributed by atoms with Crippen molar-refractivity contribution < 1.29 is 4.74 Å². The van der Waals surface area contributed by atoms with Gasteiger partial charge in [-0.15, -0.1) is 34.2 Å². The van der Waals surface area contributed by atoms with E-state index in [1.807, 2.05) is 30.7 Å². The van der Waals surface area contributed by atoms with Gasteiger partial charge in [0.15, 0.2) is 11.8 Å². The summed E-state index contributed by atoms with van der Waals surface area (Å²) in [6, 6.07) is 8.56. The van der Waals surface area contributed by atoms with Crippen LogP contribution in [0.15, 0.2) is 29.3 Å². The summed E-state index contributed by atoms with van der Waals surface area (Å²) in [7, 11) is 5.46. The Balaban J connectivity index is 0.00000280. The fourth-order valence-electron chi connectivity index (χ4n) is 3.29. The molecule has 1 fully saturated rings. The third-order valence-electron chi connectivity index (χ3n) is 5.00. The maximum absolute atomic E-state index is 5.36. The fraction of sp³-hybridized carbons (Fsp3) is 0.526. The van der Waals surface area contributed by atoms with Crippen molar-refractivity contribution in [2.75, 3.05) is 32.1 Å². The van der Waals surface area contributed by atoms with E-state index >= 15 is 0 Å².